The number of benzene rings is 2. The van der Waals surface area contributed by atoms with Crippen LogP contribution in [0.4, 0.5) is 17.5 Å². The van der Waals surface area contributed by atoms with Gasteiger partial charge in [-0.25, -0.2) is 13.4 Å². The van der Waals surface area contributed by atoms with Crippen LogP contribution in [0.2, 0.25) is 0 Å². The summed E-state index contributed by atoms with van der Waals surface area (Å²) in [6.45, 7) is 1.91. The van der Waals surface area contributed by atoms with Crippen molar-refractivity contribution in [1.29, 1.82) is 0 Å². The third kappa shape index (κ3) is 5.70. The van der Waals surface area contributed by atoms with E-state index < -0.39 is 20.7 Å². The van der Waals surface area contributed by atoms with E-state index in [2.05, 4.69) is 46.5 Å². The maximum Gasteiger partial charge on any atom is 0.249 e. The Kier molecular flexibility index (Phi) is 6.42. The van der Waals surface area contributed by atoms with Crippen LogP contribution < -0.4 is 14.8 Å². The maximum absolute atomic E-state index is 12.6. The second-order valence-corrected chi connectivity index (χ2v) is 11.5. The molecule has 0 spiro atoms. The molecule has 162 valence electrons. The zero-order valence-electron chi connectivity index (χ0n) is 16.8. The van der Waals surface area contributed by atoms with E-state index in [0.29, 0.717) is 12.0 Å². The lowest BCUT2D eigenvalue weighted by Gasteiger charge is -2.12. The fraction of sp³-hybridized carbons (Fsp3) is 0.190. The Labute approximate surface area is 193 Å². The monoisotopic (exact) mass is 519 g/mol. The Morgan fingerprint density at radius 3 is 2.42 bits per heavy atom. The van der Waals surface area contributed by atoms with E-state index in [1.54, 1.807) is 30.5 Å². The van der Waals surface area contributed by atoms with Crippen LogP contribution in [0.5, 0.6) is 0 Å². The molecule has 0 aliphatic heterocycles. The largest absolute Gasteiger partial charge is 0.366 e. The predicted molar refractivity (Wildman–Crippen MR) is 131 cm³/mol. The molecule has 0 bridgehead atoms. The topological polar surface area (TPSA) is 96.0 Å². The average molecular weight is 520 g/mol. The van der Waals surface area contributed by atoms with Gasteiger partial charge in [-0.2, -0.15) is 9.11 Å². The molecule has 1 atom stereocenters. The van der Waals surface area contributed by atoms with Crippen molar-refractivity contribution in [2.75, 3.05) is 10.6 Å². The molecular formula is C21H22BrN5O2S2. The Morgan fingerprint density at radius 2 is 1.77 bits per heavy atom. The molecule has 10 heteroatoms. The molecule has 0 saturated heterocycles. The van der Waals surface area contributed by atoms with E-state index in [-0.39, 0.29) is 4.90 Å². The van der Waals surface area contributed by atoms with E-state index >= 15 is 0 Å². The van der Waals surface area contributed by atoms with Gasteiger partial charge >= 0.3 is 0 Å². The zero-order valence-corrected chi connectivity index (χ0v) is 20.0. The van der Waals surface area contributed by atoms with E-state index in [0.717, 1.165) is 39.3 Å². The number of anilines is 3. The molecule has 1 heterocycles. The summed E-state index contributed by atoms with van der Waals surface area (Å²) in [4.78, 5) is 9.80. The van der Waals surface area contributed by atoms with Crippen molar-refractivity contribution in [3.8, 4) is 0 Å². The van der Waals surface area contributed by atoms with Gasteiger partial charge in [-0.15, -0.1) is 0 Å². The first-order chi connectivity index (χ1) is 14.8. The first kappa shape index (κ1) is 21.9. The highest BCUT2D eigenvalue weighted by atomic mass is 79.9. The minimum atomic E-state index is -3.64. The Hall–Kier alpha value is -2.27. The second-order valence-electron chi connectivity index (χ2n) is 7.25. The van der Waals surface area contributed by atoms with Crippen LogP contribution in [0.3, 0.4) is 0 Å². The number of rotatable bonds is 8. The summed E-state index contributed by atoms with van der Waals surface area (Å²) in [6.07, 6.45) is 4.02. The number of halogens is 1. The molecule has 3 N–H and O–H groups in total. The highest BCUT2D eigenvalue weighted by molar-refractivity contribution is 9.10. The fourth-order valence-electron chi connectivity index (χ4n) is 2.73. The molecule has 0 radical (unpaired) electrons. The van der Waals surface area contributed by atoms with Gasteiger partial charge in [0.25, 0.3) is 0 Å². The highest BCUT2D eigenvalue weighted by Gasteiger charge is 2.22. The number of hydrogen-bond acceptors (Lipinski definition) is 6. The van der Waals surface area contributed by atoms with Crippen molar-refractivity contribution >= 4 is 59.9 Å². The summed E-state index contributed by atoms with van der Waals surface area (Å²) >= 11 is 3.46. The first-order valence-electron chi connectivity index (χ1n) is 9.59. The lowest BCUT2D eigenvalue weighted by molar-refractivity contribution is 0.594. The molecule has 0 amide bonds. The van der Waals surface area contributed by atoms with Crippen molar-refractivity contribution in [1.82, 2.24) is 14.1 Å². The lowest BCUT2D eigenvalue weighted by Crippen LogP contribution is -2.18. The minimum Gasteiger partial charge on any atom is -0.366 e. The summed E-state index contributed by atoms with van der Waals surface area (Å²) < 4.78 is 28.7. The summed E-state index contributed by atoms with van der Waals surface area (Å²) in [6, 6.07) is 14.6. The minimum absolute atomic E-state index is 0.223. The molecule has 4 rings (SSSR count). The molecule has 1 unspecified atom stereocenters. The Morgan fingerprint density at radius 1 is 1.10 bits per heavy atom. The number of nitrogens with zero attached hydrogens (tertiary/aromatic N) is 2. The normalized spacial score (nSPS) is 14.8. The Balaban J connectivity index is 1.43. The molecule has 1 aliphatic rings. The third-order valence-corrected chi connectivity index (χ3v) is 8.60. The van der Waals surface area contributed by atoms with Crippen LogP contribution in [-0.4, -0.2) is 30.3 Å². The smallest absolute Gasteiger partial charge is 0.249 e. The van der Waals surface area contributed by atoms with Gasteiger partial charge in [0.2, 0.25) is 16.0 Å². The van der Waals surface area contributed by atoms with Crippen LogP contribution in [0.15, 0.2) is 69.0 Å². The summed E-state index contributed by atoms with van der Waals surface area (Å²) in [5, 5.41) is 6.53. The van der Waals surface area contributed by atoms with Crippen LogP contribution in [0, 0.1) is 6.92 Å². The van der Waals surface area contributed by atoms with Gasteiger partial charge in [-0.3, -0.25) is 0 Å². The molecule has 1 aromatic heterocycles. The van der Waals surface area contributed by atoms with Crippen molar-refractivity contribution in [3.05, 3.63) is 64.8 Å². The van der Waals surface area contributed by atoms with E-state index in [1.165, 1.54) is 0 Å². The molecule has 1 saturated carbocycles. The SMILES string of the molecule is C=S(NS(=O)(=O)c1ccc(C)cc1)c1ccc(Nc2ncc(Br)c(NC3CC3)n2)cc1. The quantitative estimate of drug-likeness (QED) is 0.369. The fourth-order valence-corrected chi connectivity index (χ4v) is 5.82. The summed E-state index contributed by atoms with van der Waals surface area (Å²) in [7, 11) is -4.58. The maximum atomic E-state index is 12.6. The van der Waals surface area contributed by atoms with Crippen LogP contribution in [-0.2, 0) is 10.0 Å². The van der Waals surface area contributed by atoms with Gasteiger partial charge in [-0.05, 0) is 72.1 Å². The van der Waals surface area contributed by atoms with Gasteiger partial charge in [0.05, 0.1) is 9.37 Å². The summed E-state index contributed by atoms with van der Waals surface area (Å²) in [5.41, 5.74) is 1.79. The number of nitrogens with one attached hydrogen (secondary N) is 3. The molecule has 1 fully saturated rings. The first-order valence-corrected chi connectivity index (χ1v) is 13.3. The number of aromatic nitrogens is 2. The molecule has 3 aromatic rings. The standard InChI is InChI=1S/C21H22BrN5O2S2/c1-14-3-11-18(12-4-14)31(28,29)27-30(2)17-9-7-16(8-10-17)25-21-23-13-19(22)20(26-21)24-15-5-6-15/h3-4,7-13,15,27H,2,5-6H2,1H3,(H2,23,24,25,26). The second kappa shape index (κ2) is 9.07. The molecule has 1 aliphatic carbocycles. The lowest BCUT2D eigenvalue weighted by atomic mass is 10.2. The predicted octanol–water partition coefficient (Wildman–Crippen LogP) is 4.82. The van der Waals surface area contributed by atoms with Crippen LogP contribution in [0.1, 0.15) is 18.4 Å². The van der Waals surface area contributed by atoms with Crippen LogP contribution in [0.25, 0.3) is 0 Å². The van der Waals surface area contributed by atoms with Crippen molar-refractivity contribution in [2.24, 2.45) is 0 Å². The number of hydrogen-bond donors (Lipinski definition) is 3. The average Bonchev–Trinajstić information content (AvgIpc) is 3.55. The van der Waals surface area contributed by atoms with Crippen molar-refractivity contribution < 1.29 is 8.42 Å². The van der Waals surface area contributed by atoms with Crippen LogP contribution >= 0.6 is 26.6 Å². The van der Waals surface area contributed by atoms with Gasteiger partial charge in [-0.1, -0.05) is 34.2 Å². The van der Waals surface area contributed by atoms with Gasteiger partial charge < -0.3 is 10.6 Å². The highest BCUT2D eigenvalue weighted by Crippen LogP contribution is 2.30. The van der Waals surface area contributed by atoms with E-state index in [1.807, 2.05) is 31.2 Å². The number of sulfonamides is 1. The van der Waals surface area contributed by atoms with Crippen molar-refractivity contribution in [2.45, 2.75) is 35.6 Å². The molecule has 31 heavy (non-hydrogen) atoms. The molecule has 2 aromatic carbocycles. The third-order valence-electron chi connectivity index (χ3n) is 4.60. The van der Waals surface area contributed by atoms with Gasteiger partial charge in [0.1, 0.15) is 5.82 Å². The summed E-state index contributed by atoms with van der Waals surface area (Å²) in [5.74, 6) is 5.23. The van der Waals surface area contributed by atoms with Gasteiger partial charge in [0.15, 0.2) is 0 Å². The number of aryl methyl sites for hydroxylation is 1. The van der Waals surface area contributed by atoms with E-state index in [4.69, 9.17) is 0 Å². The Bertz CT molecular complexity index is 1210. The molecule has 7 nitrogen and oxygen atoms in total. The molecular weight excluding hydrogens is 498 g/mol. The van der Waals surface area contributed by atoms with Crippen molar-refractivity contribution in [3.63, 3.8) is 0 Å². The van der Waals surface area contributed by atoms with Gasteiger partial charge in [0, 0.05) is 22.8 Å². The van der Waals surface area contributed by atoms with E-state index in [9.17, 15) is 8.42 Å². The zero-order chi connectivity index (χ0) is 22.0.